The fourth-order valence-electron chi connectivity index (χ4n) is 3.99. The fraction of sp³-hybridized carbons (Fsp3) is 0.933. The molecule has 0 amide bonds. The monoisotopic (exact) mass is 268 g/mol. The van der Waals surface area contributed by atoms with Gasteiger partial charge < -0.3 is 15.4 Å². The van der Waals surface area contributed by atoms with E-state index in [0.717, 1.165) is 24.3 Å². The molecule has 0 spiro atoms. The predicted octanol–water partition coefficient (Wildman–Crippen LogP) is 1.63. The number of ether oxygens (including phenoxy) is 1. The van der Waals surface area contributed by atoms with Gasteiger partial charge in [0.15, 0.2) is 0 Å². The highest BCUT2D eigenvalue weighted by atomic mass is 16.5. The molecule has 2 aliphatic carbocycles. The maximum Gasteiger partial charge on any atom is 0.327 e. The van der Waals surface area contributed by atoms with Gasteiger partial charge >= 0.3 is 5.97 Å². The van der Waals surface area contributed by atoms with E-state index in [2.05, 4.69) is 11.9 Å². The van der Waals surface area contributed by atoms with E-state index >= 15 is 0 Å². The van der Waals surface area contributed by atoms with E-state index in [0.29, 0.717) is 13.2 Å². The Labute approximate surface area is 116 Å². The van der Waals surface area contributed by atoms with Gasteiger partial charge in [0, 0.05) is 13.1 Å². The van der Waals surface area contributed by atoms with Gasteiger partial charge in [-0.15, -0.1) is 0 Å². The zero-order valence-corrected chi connectivity index (χ0v) is 12.5. The van der Waals surface area contributed by atoms with Crippen molar-refractivity contribution in [3.05, 3.63) is 0 Å². The van der Waals surface area contributed by atoms with E-state index in [1.807, 2.05) is 6.92 Å². The summed E-state index contributed by atoms with van der Waals surface area (Å²) >= 11 is 0. The number of nitrogens with zero attached hydrogens (tertiary/aromatic N) is 1. The smallest absolute Gasteiger partial charge is 0.327 e. The Balaban J connectivity index is 1.80. The Hall–Kier alpha value is -0.610. The van der Waals surface area contributed by atoms with E-state index in [4.69, 9.17) is 10.5 Å². The summed E-state index contributed by atoms with van der Waals surface area (Å²) in [5.74, 6) is 2.40. The van der Waals surface area contributed by atoms with Crippen LogP contribution < -0.4 is 5.73 Å². The third-order valence-corrected chi connectivity index (χ3v) is 4.77. The standard InChI is InChI=1S/C15H28N2O2/c1-4-19-14(18)15(2,16)10-17(3)9-13-8-11-5-6-12(13)7-11/h11-13H,4-10,16H2,1-3H3. The van der Waals surface area contributed by atoms with Gasteiger partial charge in [0.1, 0.15) is 5.54 Å². The highest BCUT2D eigenvalue weighted by Gasteiger charge is 2.40. The van der Waals surface area contributed by atoms with Crippen LogP contribution in [0.2, 0.25) is 0 Å². The SMILES string of the molecule is CCOC(=O)C(C)(N)CN(C)CC1CC2CCC1C2. The van der Waals surface area contributed by atoms with Crippen molar-refractivity contribution in [2.45, 2.75) is 45.1 Å². The molecule has 0 heterocycles. The predicted molar refractivity (Wildman–Crippen MR) is 75.7 cm³/mol. The number of hydrogen-bond donors (Lipinski definition) is 1. The first-order valence-electron chi connectivity index (χ1n) is 7.57. The van der Waals surface area contributed by atoms with E-state index < -0.39 is 5.54 Å². The van der Waals surface area contributed by atoms with E-state index in [1.54, 1.807) is 6.92 Å². The van der Waals surface area contributed by atoms with Gasteiger partial charge in [0.05, 0.1) is 6.61 Å². The van der Waals surface area contributed by atoms with Crippen LogP contribution in [0.15, 0.2) is 0 Å². The lowest BCUT2D eigenvalue weighted by Crippen LogP contribution is -2.54. The van der Waals surface area contributed by atoms with Gasteiger partial charge in [-0.05, 0) is 57.9 Å². The minimum absolute atomic E-state index is 0.296. The molecule has 0 radical (unpaired) electrons. The molecule has 4 atom stereocenters. The van der Waals surface area contributed by atoms with Crippen LogP contribution in [0.4, 0.5) is 0 Å². The third kappa shape index (κ3) is 3.48. The summed E-state index contributed by atoms with van der Waals surface area (Å²) in [5, 5.41) is 0. The third-order valence-electron chi connectivity index (χ3n) is 4.77. The first-order chi connectivity index (χ1) is 8.92. The van der Waals surface area contributed by atoms with Crippen molar-refractivity contribution in [1.82, 2.24) is 4.90 Å². The van der Waals surface area contributed by atoms with Crippen LogP contribution in [-0.2, 0) is 9.53 Å². The first-order valence-corrected chi connectivity index (χ1v) is 7.57. The minimum atomic E-state index is -0.900. The molecule has 110 valence electrons. The minimum Gasteiger partial charge on any atom is -0.465 e. The maximum absolute atomic E-state index is 11.8. The fourth-order valence-corrected chi connectivity index (χ4v) is 3.99. The first kappa shape index (κ1) is 14.8. The molecule has 0 aliphatic heterocycles. The van der Waals surface area contributed by atoms with Crippen LogP contribution >= 0.6 is 0 Å². The van der Waals surface area contributed by atoms with Crippen LogP contribution in [0.25, 0.3) is 0 Å². The lowest BCUT2D eigenvalue weighted by atomic mass is 9.88. The number of likely N-dealkylation sites (N-methyl/N-ethyl adjacent to an activating group) is 1. The number of rotatable bonds is 6. The summed E-state index contributed by atoms with van der Waals surface area (Å²) in [6.07, 6.45) is 5.63. The number of fused-ring (bicyclic) bond motifs is 2. The van der Waals surface area contributed by atoms with Crippen LogP contribution in [0.3, 0.4) is 0 Å². The van der Waals surface area contributed by atoms with Crippen LogP contribution in [-0.4, -0.2) is 43.2 Å². The summed E-state index contributed by atoms with van der Waals surface area (Å²) in [4.78, 5) is 14.0. The average molecular weight is 268 g/mol. The molecule has 2 bridgehead atoms. The van der Waals surface area contributed by atoms with Crippen molar-refractivity contribution < 1.29 is 9.53 Å². The molecule has 19 heavy (non-hydrogen) atoms. The van der Waals surface area contributed by atoms with Crippen LogP contribution in [0, 0.1) is 17.8 Å². The van der Waals surface area contributed by atoms with Crippen molar-refractivity contribution in [2.75, 3.05) is 26.7 Å². The molecule has 4 nitrogen and oxygen atoms in total. The summed E-state index contributed by atoms with van der Waals surface area (Å²) in [6.45, 7) is 5.60. The van der Waals surface area contributed by atoms with Gasteiger partial charge in [-0.1, -0.05) is 6.42 Å². The zero-order valence-electron chi connectivity index (χ0n) is 12.5. The van der Waals surface area contributed by atoms with Gasteiger partial charge in [-0.3, -0.25) is 4.79 Å². The Morgan fingerprint density at radius 1 is 1.42 bits per heavy atom. The molecule has 2 N–H and O–H groups in total. The van der Waals surface area contributed by atoms with Crippen molar-refractivity contribution in [3.63, 3.8) is 0 Å². The lowest BCUT2D eigenvalue weighted by Gasteiger charge is -2.32. The Kier molecular flexibility index (Phi) is 4.51. The van der Waals surface area contributed by atoms with E-state index in [-0.39, 0.29) is 5.97 Å². The number of carbonyl (C=O) groups is 1. The molecule has 0 saturated heterocycles. The van der Waals surface area contributed by atoms with E-state index in [1.165, 1.54) is 25.7 Å². The quantitative estimate of drug-likeness (QED) is 0.744. The van der Waals surface area contributed by atoms with Crippen molar-refractivity contribution in [1.29, 1.82) is 0 Å². The number of hydrogen-bond acceptors (Lipinski definition) is 4. The van der Waals surface area contributed by atoms with E-state index in [9.17, 15) is 4.79 Å². The average Bonchev–Trinajstić information content (AvgIpc) is 2.90. The summed E-state index contributed by atoms with van der Waals surface area (Å²) in [7, 11) is 2.07. The normalized spacial score (nSPS) is 32.6. The molecular formula is C15H28N2O2. The molecular weight excluding hydrogens is 240 g/mol. The molecule has 2 aliphatic rings. The second kappa shape index (κ2) is 5.80. The molecule has 0 aromatic heterocycles. The van der Waals surface area contributed by atoms with Crippen molar-refractivity contribution in [2.24, 2.45) is 23.5 Å². The maximum atomic E-state index is 11.8. The Morgan fingerprint density at radius 2 is 2.16 bits per heavy atom. The summed E-state index contributed by atoms with van der Waals surface area (Å²) < 4.78 is 5.04. The Morgan fingerprint density at radius 3 is 2.68 bits per heavy atom. The van der Waals surface area contributed by atoms with Gasteiger partial charge in [0.2, 0.25) is 0 Å². The second-order valence-corrected chi connectivity index (χ2v) is 6.77. The molecule has 0 aromatic carbocycles. The topological polar surface area (TPSA) is 55.6 Å². The van der Waals surface area contributed by atoms with Gasteiger partial charge in [0.25, 0.3) is 0 Å². The number of nitrogens with two attached hydrogens (primary N) is 1. The molecule has 4 unspecified atom stereocenters. The van der Waals surface area contributed by atoms with Crippen molar-refractivity contribution in [3.8, 4) is 0 Å². The molecule has 2 fully saturated rings. The summed E-state index contributed by atoms with van der Waals surface area (Å²) in [6, 6.07) is 0. The number of carbonyl (C=O) groups excluding carboxylic acids is 1. The highest BCUT2D eigenvalue weighted by Crippen LogP contribution is 2.48. The molecule has 0 aromatic rings. The van der Waals surface area contributed by atoms with Crippen molar-refractivity contribution >= 4 is 5.97 Å². The van der Waals surface area contributed by atoms with Crippen LogP contribution in [0.5, 0.6) is 0 Å². The Bertz CT molecular complexity index is 330. The van der Waals surface area contributed by atoms with Gasteiger partial charge in [-0.2, -0.15) is 0 Å². The lowest BCUT2D eigenvalue weighted by molar-refractivity contribution is -0.149. The highest BCUT2D eigenvalue weighted by molar-refractivity contribution is 5.80. The summed E-state index contributed by atoms with van der Waals surface area (Å²) in [5.41, 5.74) is 5.18. The number of esters is 1. The second-order valence-electron chi connectivity index (χ2n) is 6.77. The largest absolute Gasteiger partial charge is 0.465 e. The zero-order chi connectivity index (χ0) is 14.0. The van der Waals surface area contributed by atoms with Crippen LogP contribution in [0.1, 0.15) is 39.5 Å². The van der Waals surface area contributed by atoms with Gasteiger partial charge in [-0.25, -0.2) is 0 Å². The molecule has 2 rings (SSSR count). The molecule has 2 saturated carbocycles. The molecule has 4 heteroatoms.